The highest BCUT2D eigenvalue weighted by atomic mass is 32.2. The minimum absolute atomic E-state index is 0.137. The number of imide groups is 1. The van der Waals surface area contributed by atoms with Gasteiger partial charge in [-0.1, -0.05) is 116 Å². The Hall–Kier alpha value is -5.58. The van der Waals surface area contributed by atoms with Crippen molar-refractivity contribution in [3.8, 4) is 0 Å². The number of rotatable bonds is 11. The molecular weight excluding hydrogens is 839 g/mol. The van der Waals surface area contributed by atoms with E-state index < -0.39 is 10.0 Å². The minimum atomic E-state index is -3.99. The number of piperazine rings is 1. The van der Waals surface area contributed by atoms with Gasteiger partial charge in [0.1, 0.15) is 0 Å². The molecule has 1 aliphatic carbocycles. The molecule has 4 aromatic rings. The lowest BCUT2D eigenvalue weighted by atomic mass is 9.82. The molecule has 9 nitrogen and oxygen atoms in total. The van der Waals surface area contributed by atoms with Crippen LogP contribution in [0.4, 0.5) is 11.4 Å². The normalized spacial score (nSPS) is 21.9. The van der Waals surface area contributed by atoms with Crippen LogP contribution in [0.3, 0.4) is 0 Å². The first kappa shape index (κ1) is 45.6. The first-order valence-corrected chi connectivity index (χ1v) is 25.8. The van der Waals surface area contributed by atoms with Gasteiger partial charge < -0.3 is 9.80 Å². The van der Waals surface area contributed by atoms with Gasteiger partial charge in [-0.3, -0.25) is 14.5 Å². The third-order valence-electron chi connectivity index (χ3n) is 14.7. The standard InChI is InChI=1S/C56H66N5O4S/c1-8-11-34-61-53(62)42-21-17-20-41-48(29-28-43(51(41)42)54(61)63)66(64,65)58-37-35-57(36-38-58)52-39(26-30-49-55(4,5)44-22-12-14-24-46(44)59(49)32-9-2)18-16-19-40(52)27-31-50-56(6,7)45-23-13-15-25-47(45)60(50)33-10-3/h12-15,17,20-31H,8-11,16,18-19,32-38H2,1-7H3/q+1. The molecule has 4 aromatic carbocycles. The molecule has 5 aliphatic rings. The third-order valence-corrected chi connectivity index (χ3v) is 16.7. The number of anilines is 2. The van der Waals surface area contributed by atoms with E-state index in [0.29, 0.717) is 61.0 Å². The second-order valence-electron chi connectivity index (χ2n) is 19.6. The molecule has 0 spiro atoms. The summed E-state index contributed by atoms with van der Waals surface area (Å²) in [5.41, 5.74) is 12.1. The van der Waals surface area contributed by atoms with Gasteiger partial charge in [-0.25, -0.2) is 13.0 Å². The Kier molecular flexibility index (Phi) is 12.4. The van der Waals surface area contributed by atoms with E-state index in [1.54, 1.807) is 34.6 Å². The maximum absolute atomic E-state index is 14.8. The molecule has 66 heavy (non-hydrogen) atoms. The molecule has 0 N–H and O–H groups in total. The number of amides is 2. The summed E-state index contributed by atoms with van der Waals surface area (Å²) in [4.78, 5) is 33.7. The number of hydrogen-bond acceptors (Lipinski definition) is 6. The molecule has 9 rings (SSSR count). The topological polar surface area (TPSA) is 84.2 Å². The smallest absolute Gasteiger partial charge is 0.261 e. The first-order chi connectivity index (χ1) is 31.7. The zero-order chi connectivity index (χ0) is 46.5. The van der Waals surface area contributed by atoms with Crippen molar-refractivity contribution in [3.63, 3.8) is 0 Å². The van der Waals surface area contributed by atoms with Gasteiger partial charge in [-0.15, -0.1) is 0 Å². The summed E-state index contributed by atoms with van der Waals surface area (Å²) in [5, 5.41) is 0.855. The molecule has 10 heteroatoms. The fourth-order valence-corrected chi connectivity index (χ4v) is 13.0. The van der Waals surface area contributed by atoms with E-state index >= 15 is 0 Å². The first-order valence-electron chi connectivity index (χ1n) is 24.4. The van der Waals surface area contributed by atoms with Crippen molar-refractivity contribution in [1.29, 1.82) is 0 Å². The van der Waals surface area contributed by atoms with Crippen LogP contribution < -0.4 is 9.80 Å². The minimum Gasteiger partial charge on any atom is -0.344 e. The van der Waals surface area contributed by atoms with Gasteiger partial charge in [0.2, 0.25) is 15.7 Å². The average molecular weight is 905 g/mol. The highest BCUT2D eigenvalue weighted by Crippen LogP contribution is 2.49. The van der Waals surface area contributed by atoms with E-state index in [2.05, 4.69) is 129 Å². The molecule has 0 bridgehead atoms. The zero-order valence-electron chi connectivity index (χ0n) is 40.0. The van der Waals surface area contributed by atoms with Gasteiger partial charge in [0.25, 0.3) is 11.8 Å². The molecule has 344 valence electrons. The Morgan fingerprint density at radius 1 is 0.606 bits per heavy atom. The third kappa shape index (κ3) is 7.58. The van der Waals surface area contributed by atoms with E-state index in [1.807, 2.05) is 6.92 Å². The van der Waals surface area contributed by atoms with Crippen molar-refractivity contribution < 1.29 is 22.6 Å². The maximum Gasteiger partial charge on any atom is 0.261 e. The second-order valence-corrected chi connectivity index (χ2v) is 21.5. The monoisotopic (exact) mass is 904 g/mol. The lowest BCUT2D eigenvalue weighted by Crippen LogP contribution is -2.47. The molecule has 0 unspecified atom stereocenters. The number of carbonyl (C=O) groups is 2. The van der Waals surface area contributed by atoms with Crippen molar-refractivity contribution in [3.05, 3.63) is 148 Å². The molecule has 4 heterocycles. The summed E-state index contributed by atoms with van der Waals surface area (Å²) in [6, 6.07) is 26.0. The van der Waals surface area contributed by atoms with E-state index in [9.17, 15) is 18.0 Å². The summed E-state index contributed by atoms with van der Waals surface area (Å²) < 4.78 is 33.5. The number of nitrogens with zero attached hydrogens (tertiary/aromatic N) is 5. The molecule has 1 saturated heterocycles. The molecule has 0 aromatic heterocycles. The lowest BCUT2D eigenvalue weighted by Gasteiger charge is -2.30. The quantitative estimate of drug-likeness (QED) is 0.110. The van der Waals surface area contributed by atoms with Gasteiger partial charge >= 0.3 is 0 Å². The average Bonchev–Trinajstić information content (AvgIpc) is 3.67. The number of fused-ring (bicyclic) bond motifs is 2. The largest absolute Gasteiger partial charge is 0.344 e. The van der Waals surface area contributed by atoms with Crippen molar-refractivity contribution in [2.75, 3.05) is 55.6 Å². The SMILES string of the molecule is CCCCN1C(=O)c2cccc3c(S(=O)(=O)N4CC[N+](=C5/C(=C/C=C6/N(CCC)c7ccccc7C6(C)C)CCC/C5=C\C=C5\N(CCC)c6ccccc6C5(C)C)CC4)ccc(c23)C1=O. The van der Waals surface area contributed by atoms with E-state index in [4.69, 9.17) is 0 Å². The van der Waals surface area contributed by atoms with Crippen LogP contribution in [0.1, 0.15) is 125 Å². The van der Waals surface area contributed by atoms with Gasteiger partial charge in [0.05, 0.1) is 18.0 Å². The number of carbonyl (C=O) groups excluding carboxylic acids is 2. The second kappa shape index (κ2) is 17.9. The van der Waals surface area contributed by atoms with E-state index in [-0.39, 0.29) is 27.5 Å². The van der Waals surface area contributed by atoms with Crippen LogP contribution in [0, 0.1) is 0 Å². The number of hydrogen-bond donors (Lipinski definition) is 0. The van der Waals surface area contributed by atoms with Crippen LogP contribution in [-0.4, -0.2) is 85.5 Å². The van der Waals surface area contributed by atoms with Crippen molar-refractivity contribution in [2.24, 2.45) is 0 Å². The van der Waals surface area contributed by atoms with Crippen molar-refractivity contribution in [2.45, 2.75) is 109 Å². The highest BCUT2D eigenvalue weighted by Gasteiger charge is 2.42. The Balaban J connectivity index is 1.10. The number of unbranched alkanes of at least 4 members (excludes halogenated alkanes) is 1. The van der Waals surface area contributed by atoms with Crippen molar-refractivity contribution in [1.82, 2.24) is 9.21 Å². The van der Waals surface area contributed by atoms with Gasteiger partial charge in [-0.05, 0) is 92.1 Å². The van der Waals surface area contributed by atoms with E-state index in [1.165, 1.54) is 55.7 Å². The molecule has 0 atom stereocenters. The van der Waals surface area contributed by atoms with Crippen LogP contribution in [0.5, 0.6) is 0 Å². The number of para-hydroxylation sites is 2. The Bertz CT molecular complexity index is 2760. The fraction of sp³-hybridized carbons (Fsp3) is 0.411. The summed E-state index contributed by atoms with van der Waals surface area (Å²) in [6.07, 6.45) is 16.0. The predicted octanol–water partition coefficient (Wildman–Crippen LogP) is 10.9. The summed E-state index contributed by atoms with van der Waals surface area (Å²) in [6.45, 7) is 19.7. The van der Waals surface area contributed by atoms with Crippen LogP contribution in [0.15, 0.2) is 131 Å². The fourth-order valence-electron chi connectivity index (χ4n) is 11.4. The number of sulfonamides is 1. The summed E-state index contributed by atoms with van der Waals surface area (Å²) in [5.74, 6) is -0.729. The van der Waals surface area contributed by atoms with E-state index in [0.717, 1.165) is 51.6 Å². The van der Waals surface area contributed by atoms with Crippen LogP contribution in [0.2, 0.25) is 0 Å². The predicted molar refractivity (Wildman–Crippen MR) is 268 cm³/mol. The molecule has 1 saturated carbocycles. The van der Waals surface area contributed by atoms with Gasteiger partial charge in [0, 0.05) is 86.3 Å². The lowest BCUT2D eigenvalue weighted by molar-refractivity contribution is -0.536. The van der Waals surface area contributed by atoms with Crippen molar-refractivity contribution >= 4 is 49.7 Å². The molecular formula is C56H66N5O4S+. The number of benzene rings is 4. The van der Waals surface area contributed by atoms with Gasteiger partial charge in [-0.2, -0.15) is 4.31 Å². The van der Waals surface area contributed by atoms with Crippen LogP contribution in [-0.2, 0) is 20.9 Å². The summed E-state index contributed by atoms with van der Waals surface area (Å²) >= 11 is 0. The number of allylic oxidation sites excluding steroid dienone is 8. The molecule has 0 radical (unpaired) electrons. The maximum atomic E-state index is 14.8. The summed E-state index contributed by atoms with van der Waals surface area (Å²) in [7, 11) is -3.99. The Morgan fingerprint density at radius 3 is 1.67 bits per heavy atom. The van der Waals surface area contributed by atoms with Crippen LogP contribution in [0.25, 0.3) is 10.8 Å². The molecule has 2 fully saturated rings. The van der Waals surface area contributed by atoms with Gasteiger partial charge in [0.15, 0.2) is 13.1 Å². The highest BCUT2D eigenvalue weighted by molar-refractivity contribution is 7.89. The molecule has 2 amide bonds. The Labute approximate surface area is 392 Å². The molecule has 4 aliphatic heterocycles. The zero-order valence-corrected chi connectivity index (χ0v) is 40.8. The Morgan fingerprint density at radius 2 is 1.14 bits per heavy atom. The van der Waals surface area contributed by atoms with Crippen LogP contribution >= 0.6 is 0 Å².